The summed E-state index contributed by atoms with van der Waals surface area (Å²) in [6.07, 6.45) is 0.961. The molecule has 1 aromatic rings. The van der Waals surface area contributed by atoms with E-state index in [2.05, 4.69) is 26.2 Å². The highest BCUT2D eigenvalue weighted by molar-refractivity contribution is 9.10. The van der Waals surface area contributed by atoms with Crippen LogP contribution in [-0.4, -0.2) is 30.7 Å². The molecule has 3 nitrogen and oxygen atoms in total. The molecule has 0 saturated heterocycles. The molecule has 0 saturated carbocycles. The van der Waals surface area contributed by atoms with Crippen LogP contribution in [-0.2, 0) is 4.74 Å². The van der Waals surface area contributed by atoms with Crippen molar-refractivity contribution in [2.75, 3.05) is 24.8 Å². The van der Waals surface area contributed by atoms with Gasteiger partial charge in [-0.25, -0.2) is 0 Å². The van der Waals surface area contributed by atoms with E-state index in [1.807, 2.05) is 18.2 Å². The Morgan fingerprint density at radius 2 is 2.44 bits per heavy atom. The maximum atomic E-state index is 6.15. The minimum Gasteiger partial charge on any atom is -0.385 e. The molecule has 1 atom stereocenters. The fourth-order valence-electron chi connectivity index (χ4n) is 1.59. The van der Waals surface area contributed by atoms with Crippen LogP contribution in [0.15, 0.2) is 27.7 Å². The molecule has 0 aliphatic carbocycles. The van der Waals surface area contributed by atoms with Crippen LogP contribution >= 0.6 is 39.3 Å². The molecule has 0 amide bonds. The third kappa shape index (κ3) is 3.88. The van der Waals surface area contributed by atoms with Gasteiger partial charge < -0.3 is 10.1 Å². The lowest BCUT2D eigenvalue weighted by Gasteiger charge is -2.07. The van der Waals surface area contributed by atoms with Crippen molar-refractivity contribution in [2.45, 2.75) is 12.5 Å². The van der Waals surface area contributed by atoms with Gasteiger partial charge in [0.05, 0.1) is 16.8 Å². The molecule has 98 valence electrons. The quantitative estimate of drug-likeness (QED) is 0.891. The van der Waals surface area contributed by atoms with Gasteiger partial charge >= 0.3 is 0 Å². The van der Waals surface area contributed by atoms with Gasteiger partial charge in [-0.1, -0.05) is 39.3 Å². The number of nitrogens with zero attached hydrogens (tertiary/aromatic N) is 1. The average molecular weight is 350 g/mol. The minimum atomic E-state index is 0.340. The predicted molar refractivity (Wildman–Crippen MR) is 82.9 cm³/mol. The third-order valence-electron chi connectivity index (χ3n) is 2.54. The zero-order valence-electron chi connectivity index (χ0n) is 9.95. The second kappa shape index (κ2) is 6.80. The fraction of sp³-hybridized carbons (Fsp3) is 0.417. The Morgan fingerprint density at radius 3 is 3.17 bits per heavy atom. The molecular weight excluding hydrogens is 336 g/mol. The summed E-state index contributed by atoms with van der Waals surface area (Å²) in [6, 6.07) is 6.10. The van der Waals surface area contributed by atoms with Crippen LogP contribution in [0.25, 0.3) is 0 Å². The lowest BCUT2D eigenvalue weighted by molar-refractivity contribution is 0.190. The number of thioether (sulfide) groups is 1. The van der Waals surface area contributed by atoms with Gasteiger partial charge in [0.25, 0.3) is 0 Å². The molecule has 1 aromatic carbocycles. The van der Waals surface area contributed by atoms with Crippen molar-refractivity contribution >= 4 is 50.1 Å². The third-order valence-corrected chi connectivity index (χ3v) is 4.38. The Labute approximate surface area is 124 Å². The van der Waals surface area contributed by atoms with Crippen LogP contribution < -0.4 is 5.32 Å². The first-order valence-electron chi connectivity index (χ1n) is 5.60. The number of hydrogen-bond donors (Lipinski definition) is 1. The van der Waals surface area contributed by atoms with Gasteiger partial charge in [-0.2, -0.15) is 0 Å². The molecule has 1 aliphatic rings. The highest BCUT2D eigenvalue weighted by Crippen LogP contribution is 2.28. The molecule has 1 aliphatic heterocycles. The van der Waals surface area contributed by atoms with Gasteiger partial charge in [0.1, 0.15) is 0 Å². The lowest BCUT2D eigenvalue weighted by Crippen LogP contribution is -2.08. The van der Waals surface area contributed by atoms with Crippen LogP contribution in [0, 0.1) is 0 Å². The van der Waals surface area contributed by atoms with Gasteiger partial charge in [0, 0.05) is 23.9 Å². The Bertz CT molecular complexity index is 456. The maximum Gasteiger partial charge on any atom is 0.161 e. The Hall–Kier alpha value is -0.230. The number of nitrogens with one attached hydrogen (secondary N) is 1. The average Bonchev–Trinajstić information content (AvgIpc) is 2.78. The number of amidine groups is 1. The summed E-state index contributed by atoms with van der Waals surface area (Å²) in [5.41, 5.74) is 0.888. The van der Waals surface area contributed by atoms with E-state index in [1.54, 1.807) is 18.9 Å². The molecule has 0 fully saturated rings. The van der Waals surface area contributed by atoms with E-state index < -0.39 is 0 Å². The second-order valence-corrected chi connectivity index (χ2v) is 6.26. The maximum absolute atomic E-state index is 6.15. The zero-order valence-corrected chi connectivity index (χ0v) is 13.1. The van der Waals surface area contributed by atoms with Crippen molar-refractivity contribution in [1.82, 2.24) is 0 Å². The first kappa shape index (κ1) is 14.2. The number of hydrogen-bond acceptors (Lipinski definition) is 4. The highest BCUT2D eigenvalue weighted by Gasteiger charge is 2.18. The Balaban J connectivity index is 1.97. The number of benzene rings is 1. The monoisotopic (exact) mass is 348 g/mol. The van der Waals surface area contributed by atoms with Gasteiger partial charge in [0.2, 0.25) is 0 Å². The number of methoxy groups -OCH3 is 1. The summed E-state index contributed by atoms with van der Waals surface area (Å²) in [5.74, 6) is 1.000. The Kier molecular flexibility index (Phi) is 5.36. The van der Waals surface area contributed by atoms with Gasteiger partial charge in [-0.3, -0.25) is 4.99 Å². The summed E-state index contributed by atoms with van der Waals surface area (Å²) in [6.45, 7) is 0.751. The highest BCUT2D eigenvalue weighted by atomic mass is 79.9. The van der Waals surface area contributed by atoms with Gasteiger partial charge in [-0.15, -0.1) is 0 Å². The Morgan fingerprint density at radius 1 is 1.61 bits per heavy atom. The van der Waals surface area contributed by atoms with E-state index >= 15 is 0 Å². The van der Waals surface area contributed by atoms with E-state index in [0.29, 0.717) is 11.1 Å². The van der Waals surface area contributed by atoms with Crippen molar-refractivity contribution in [3.63, 3.8) is 0 Å². The molecular formula is C12H14BrClN2OS. The lowest BCUT2D eigenvalue weighted by atomic mass is 10.2. The molecule has 18 heavy (non-hydrogen) atoms. The molecule has 0 radical (unpaired) electrons. The van der Waals surface area contributed by atoms with Crippen LogP contribution in [0.3, 0.4) is 0 Å². The first-order valence-corrected chi connectivity index (χ1v) is 7.76. The van der Waals surface area contributed by atoms with E-state index in [1.165, 1.54) is 0 Å². The van der Waals surface area contributed by atoms with Crippen molar-refractivity contribution < 1.29 is 4.74 Å². The van der Waals surface area contributed by atoms with Crippen molar-refractivity contribution in [1.29, 1.82) is 0 Å². The van der Waals surface area contributed by atoms with Crippen molar-refractivity contribution in [3.05, 3.63) is 27.7 Å². The molecule has 0 spiro atoms. The number of rotatable bonds is 4. The minimum absolute atomic E-state index is 0.340. The van der Waals surface area contributed by atoms with Gasteiger partial charge in [-0.05, 0) is 24.6 Å². The van der Waals surface area contributed by atoms with E-state index in [-0.39, 0.29) is 0 Å². The first-order chi connectivity index (χ1) is 8.69. The number of anilines is 1. The summed E-state index contributed by atoms with van der Waals surface area (Å²) in [7, 11) is 1.71. The topological polar surface area (TPSA) is 33.6 Å². The normalized spacial score (nSPS) is 18.8. The largest absolute Gasteiger partial charge is 0.385 e. The smallest absolute Gasteiger partial charge is 0.161 e. The summed E-state index contributed by atoms with van der Waals surface area (Å²) >= 11 is 11.3. The molecule has 0 bridgehead atoms. The van der Waals surface area contributed by atoms with Gasteiger partial charge in [0.15, 0.2) is 5.17 Å². The summed E-state index contributed by atoms with van der Waals surface area (Å²) in [4.78, 5) is 4.60. The van der Waals surface area contributed by atoms with Crippen LogP contribution in [0.4, 0.5) is 5.69 Å². The summed E-state index contributed by atoms with van der Waals surface area (Å²) in [5, 5.41) is 4.88. The molecule has 0 aromatic heterocycles. The zero-order chi connectivity index (χ0) is 13.0. The SMILES string of the molecule is COCCC1CSC(Nc2ccc(Br)cc2Cl)=N1. The molecule has 1 N–H and O–H groups in total. The number of ether oxygens (including phenoxy) is 1. The molecule has 1 heterocycles. The fourth-order valence-corrected chi connectivity index (χ4v) is 3.31. The molecule has 2 rings (SSSR count). The molecule has 6 heteroatoms. The number of aliphatic imine (C=N–C) groups is 1. The van der Waals surface area contributed by atoms with Crippen LogP contribution in [0.2, 0.25) is 5.02 Å². The van der Waals surface area contributed by atoms with Crippen LogP contribution in [0.5, 0.6) is 0 Å². The van der Waals surface area contributed by atoms with E-state index in [4.69, 9.17) is 16.3 Å². The van der Waals surface area contributed by atoms with Crippen LogP contribution in [0.1, 0.15) is 6.42 Å². The number of halogens is 2. The standard InChI is InChI=1S/C12H14BrClN2OS/c1-17-5-4-9-7-18-12(15-9)16-11-3-2-8(13)6-10(11)14/h2-3,6,9H,4-5,7H2,1H3,(H,15,16). The second-order valence-electron chi connectivity index (χ2n) is 3.93. The van der Waals surface area contributed by atoms with Crippen molar-refractivity contribution in [3.8, 4) is 0 Å². The van der Waals surface area contributed by atoms with E-state index in [9.17, 15) is 0 Å². The van der Waals surface area contributed by atoms with E-state index in [0.717, 1.165) is 34.1 Å². The summed E-state index contributed by atoms with van der Waals surface area (Å²) < 4.78 is 6.03. The van der Waals surface area contributed by atoms with Crippen molar-refractivity contribution in [2.24, 2.45) is 4.99 Å². The molecule has 1 unspecified atom stereocenters. The predicted octanol–water partition coefficient (Wildman–Crippen LogP) is 4.02.